The van der Waals surface area contributed by atoms with Crippen molar-refractivity contribution in [1.29, 1.82) is 0 Å². The highest BCUT2D eigenvalue weighted by atomic mass is 16.6. The summed E-state index contributed by atoms with van der Waals surface area (Å²) in [5.74, 6) is 0. The summed E-state index contributed by atoms with van der Waals surface area (Å²) in [5.41, 5.74) is 22.1. The van der Waals surface area contributed by atoms with Crippen LogP contribution in [-0.4, -0.2) is 50.8 Å². The van der Waals surface area contributed by atoms with Crippen LogP contribution < -0.4 is 11.5 Å². The van der Waals surface area contributed by atoms with Crippen molar-refractivity contribution in [1.82, 2.24) is 0 Å². The second kappa shape index (κ2) is 8.10. The van der Waals surface area contributed by atoms with E-state index in [9.17, 15) is 0 Å². The standard InChI is InChI=1S/C24H28N2O4.CH4/c25-14-3-1-13(2-4-14)23-19(5-15-9-27-15)21(7-17-11-29-17)24(26)22(8-18-12-30-18)20(23)6-16-10-28-16;/h1-4,15-18H,5-12,25-26H2;1H4. The number of nitrogens with two attached hydrogens (primary N) is 2. The van der Waals surface area contributed by atoms with Crippen molar-refractivity contribution in [2.75, 3.05) is 37.9 Å². The van der Waals surface area contributed by atoms with Crippen molar-refractivity contribution in [3.8, 4) is 11.1 Å². The predicted octanol–water partition coefficient (Wildman–Crippen LogP) is 2.92. The van der Waals surface area contributed by atoms with E-state index in [2.05, 4.69) is 12.1 Å². The summed E-state index contributed by atoms with van der Waals surface area (Å²) in [6.07, 6.45) is 4.57. The molecule has 4 heterocycles. The molecule has 166 valence electrons. The lowest BCUT2D eigenvalue weighted by atomic mass is 9.80. The van der Waals surface area contributed by atoms with Crippen LogP contribution in [0, 0.1) is 0 Å². The van der Waals surface area contributed by atoms with Crippen molar-refractivity contribution in [3.05, 3.63) is 46.5 Å². The summed E-state index contributed by atoms with van der Waals surface area (Å²) < 4.78 is 22.5. The number of hydrogen-bond donors (Lipinski definition) is 2. The lowest BCUT2D eigenvalue weighted by Gasteiger charge is -2.25. The first-order chi connectivity index (χ1) is 14.7. The number of ether oxygens (including phenoxy) is 4. The maximum absolute atomic E-state index is 6.89. The maximum Gasteiger partial charge on any atom is 0.0851 e. The monoisotopic (exact) mass is 424 g/mol. The minimum Gasteiger partial charge on any atom is -0.399 e. The van der Waals surface area contributed by atoms with Gasteiger partial charge in [-0.3, -0.25) is 0 Å². The van der Waals surface area contributed by atoms with Crippen LogP contribution in [0.5, 0.6) is 0 Å². The van der Waals surface area contributed by atoms with E-state index < -0.39 is 0 Å². The number of hydrogen-bond acceptors (Lipinski definition) is 6. The Morgan fingerprint density at radius 1 is 0.613 bits per heavy atom. The molecule has 4 aliphatic rings. The fourth-order valence-electron chi connectivity index (χ4n) is 4.56. The van der Waals surface area contributed by atoms with Gasteiger partial charge < -0.3 is 30.4 Å². The molecular formula is C25H32N2O4. The number of nitrogen functional groups attached to an aromatic ring is 2. The minimum atomic E-state index is 0. The third kappa shape index (κ3) is 4.58. The predicted molar refractivity (Wildman–Crippen MR) is 121 cm³/mol. The van der Waals surface area contributed by atoms with Gasteiger partial charge in [-0.05, 0) is 45.5 Å². The normalized spacial score (nSPS) is 27.5. The SMILES string of the molecule is C.Nc1ccc(-c2c(CC3CO3)c(CC3CO3)c(N)c(CC3CO3)c2CC2CO2)cc1. The van der Waals surface area contributed by atoms with Crippen LogP contribution in [0.3, 0.4) is 0 Å². The van der Waals surface area contributed by atoms with Gasteiger partial charge in [-0.25, -0.2) is 0 Å². The summed E-state index contributed by atoms with van der Waals surface area (Å²) in [5, 5.41) is 0. The van der Waals surface area contributed by atoms with Gasteiger partial charge in [-0.15, -0.1) is 0 Å². The molecule has 6 heteroatoms. The molecule has 4 aliphatic heterocycles. The van der Waals surface area contributed by atoms with Crippen LogP contribution in [0.4, 0.5) is 11.4 Å². The smallest absolute Gasteiger partial charge is 0.0851 e. The van der Waals surface area contributed by atoms with E-state index in [1.165, 1.54) is 33.4 Å². The summed E-state index contributed by atoms with van der Waals surface area (Å²) in [6, 6.07) is 8.22. The second-order valence-electron chi connectivity index (χ2n) is 8.96. The molecule has 0 bridgehead atoms. The first-order valence-electron chi connectivity index (χ1n) is 10.9. The zero-order valence-corrected chi connectivity index (χ0v) is 17.1. The Labute approximate surface area is 183 Å². The second-order valence-corrected chi connectivity index (χ2v) is 8.96. The molecule has 0 radical (unpaired) electrons. The van der Waals surface area contributed by atoms with Gasteiger partial charge in [0.2, 0.25) is 0 Å². The molecule has 4 unspecified atom stereocenters. The highest BCUT2D eigenvalue weighted by Gasteiger charge is 2.36. The molecule has 4 N–H and O–H groups in total. The molecule has 0 spiro atoms. The van der Waals surface area contributed by atoms with E-state index in [4.69, 9.17) is 30.4 Å². The summed E-state index contributed by atoms with van der Waals surface area (Å²) >= 11 is 0. The molecule has 2 aromatic rings. The van der Waals surface area contributed by atoms with Crippen molar-refractivity contribution in [2.24, 2.45) is 0 Å². The molecule has 4 fully saturated rings. The number of anilines is 2. The molecule has 0 saturated carbocycles. The third-order valence-electron chi connectivity index (χ3n) is 6.52. The minimum absolute atomic E-state index is 0. The van der Waals surface area contributed by atoms with E-state index >= 15 is 0 Å². The fourth-order valence-corrected chi connectivity index (χ4v) is 4.56. The number of epoxide rings is 4. The quantitative estimate of drug-likeness (QED) is 0.474. The Kier molecular flexibility index (Phi) is 5.42. The number of benzene rings is 2. The highest BCUT2D eigenvalue weighted by Crippen LogP contribution is 2.43. The average molecular weight is 425 g/mol. The van der Waals surface area contributed by atoms with Gasteiger partial charge in [0.1, 0.15) is 0 Å². The van der Waals surface area contributed by atoms with Gasteiger partial charge in [-0.1, -0.05) is 19.6 Å². The summed E-state index contributed by atoms with van der Waals surface area (Å²) in [6.45, 7) is 3.27. The summed E-state index contributed by atoms with van der Waals surface area (Å²) in [4.78, 5) is 0. The van der Waals surface area contributed by atoms with Crippen LogP contribution in [0.1, 0.15) is 29.7 Å². The molecule has 0 aliphatic carbocycles. The fraction of sp³-hybridized carbons (Fsp3) is 0.520. The van der Waals surface area contributed by atoms with Gasteiger partial charge in [0.25, 0.3) is 0 Å². The van der Waals surface area contributed by atoms with Crippen molar-refractivity contribution >= 4 is 11.4 Å². The first kappa shape index (κ1) is 20.8. The van der Waals surface area contributed by atoms with Gasteiger partial charge in [0.15, 0.2) is 0 Å². The van der Waals surface area contributed by atoms with E-state index in [1.807, 2.05) is 12.1 Å². The van der Waals surface area contributed by atoms with Crippen LogP contribution >= 0.6 is 0 Å². The highest BCUT2D eigenvalue weighted by molar-refractivity contribution is 5.80. The van der Waals surface area contributed by atoms with Crippen LogP contribution in [0.2, 0.25) is 0 Å². The van der Waals surface area contributed by atoms with Crippen molar-refractivity contribution in [3.63, 3.8) is 0 Å². The molecule has 6 nitrogen and oxygen atoms in total. The molecule has 0 amide bonds. The molecule has 0 aromatic heterocycles. The Morgan fingerprint density at radius 2 is 0.968 bits per heavy atom. The van der Waals surface area contributed by atoms with E-state index in [0.717, 1.165) is 63.5 Å². The molecule has 2 aromatic carbocycles. The van der Waals surface area contributed by atoms with E-state index in [-0.39, 0.29) is 31.8 Å². The van der Waals surface area contributed by atoms with Gasteiger partial charge in [0, 0.05) is 37.1 Å². The Morgan fingerprint density at radius 3 is 1.32 bits per heavy atom. The molecule has 4 atom stereocenters. The van der Waals surface area contributed by atoms with Gasteiger partial charge >= 0.3 is 0 Å². The lowest BCUT2D eigenvalue weighted by molar-refractivity contribution is 0.399. The van der Waals surface area contributed by atoms with Crippen LogP contribution in [0.25, 0.3) is 11.1 Å². The molecule has 6 rings (SSSR count). The molecule has 4 saturated heterocycles. The van der Waals surface area contributed by atoms with Crippen molar-refractivity contribution < 1.29 is 18.9 Å². The maximum atomic E-state index is 6.89. The molecular weight excluding hydrogens is 392 g/mol. The number of rotatable bonds is 9. The first-order valence-corrected chi connectivity index (χ1v) is 10.9. The van der Waals surface area contributed by atoms with Crippen molar-refractivity contribution in [2.45, 2.75) is 57.5 Å². The Hall–Kier alpha value is -2.12. The summed E-state index contributed by atoms with van der Waals surface area (Å²) in [7, 11) is 0. The topological polar surface area (TPSA) is 102 Å². The van der Waals surface area contributed by atoms with Gasteiger partial charge in [-0.2, -0.15) is 0 Å². The Balaban J connectivity index is 0.00000204. The van der Waals surface area contributed by atoms with E-state index in [1.54, 1.807) is 0 Å². The lowest BCUT2D eigenvalue weighted by Crippen LogP contribution is -2.16. The molecule has 31 heavy (non-hydrogen) atoms. The van der Waals surface area contributed by atoms with Crippen LogP contribution in [-0.2, 0) is 44.6 Å². The van der Waals surface area contributed by atoms with E-state index in [0.29, 0.717) is 0 Å². The zero-order valence-electron chi connectivity index (χ0n) is 17.1. The van der Waals surface area contributed by atoms with Crippen LogP contribution in [0.15, 0.2) is 24.3 Å². The third-order valence-corrected chi connectivity index (χ3v) is 6.52. The average Bonchev–Trinajstić information content (AvgIpc) is 3.55. The van der Waals surface area contributed by atoms with Gasteiger partial charge in [0.05, 0.1) is 50.8 Å². The zero-order chi connectivity index (χ0) is 20.2. The largest absolute Gasteiger partial charge is 0.399 e. The Bertz CT molecular complexity index is 905.